The van der Waals surface area contributed by atoms with Crippen LogP contribution in [-0.2, 0) is 17.9 Å². The van der Waals surface area contributed by atoms with Gasteiger partial charge in [-0.25, -0.2) is 4.98 Å². The molecule has 0 saturated carbocycles. The van der Waals surface area contributed by atoms with E-state index in [4.69, 9.17) is 4.74 Å². The first-order valence-electron chi connectivity index (χ1n) is 7.73. The number of anilines is 1. The highest BCUT2D eigenvalue weighted by atomic mass is 16.5. The number of fused-ring (bicyclic) bond motifs is 1. The largest absolute Gasteiger partial charge is 0.491 e. The molecule has 0 fully saturated rings. The van der Waals surface area contributed by atoms with Crippen LogP contribution in [0.15, 0.2) is 30.6 Å². The molecule has 0 aliphatic carbocycles. The molecule has 0 spiro atoms. The number of hydrogen-bond acceptors (Lipinski definition) is 4. The maximum Gasteiger partial charge on any atom is 0.242 e. The summed E-state index contributed by atoms with van der Waals surface area (Å²) in [5.41, 5.74) is 2.15. The monoisotopic (exact) mass is 314 g/mol. The van der Waals surface area contributed by atoms with Crippen molar-refractivity contribution < 1.29 is 9.53 Å². The molecule has 6 heteroatoms. The van der Waals surface area contributed by atoms with Gasteiger partial charge >= 0.3 is 0 Å². The normalized spacial score (nSPS) is 14.0. The number of rotatable bonds is 3. The molecule has 0 N–H and O–H groups in total. The van der Waals surface area contributed by atoms with Crippen LogP contribution in [0.3, 0.4) is 0 Å². The maximum atomic E-state index is 12.6. The molecule has 0 radical (unpaired) electrons. The zero-order valence-electron chi connectivity index (χ0n) is 13.8. The van der Waals surface area contributed by atoms with E-state index in [9.17, 15) is 4.79 Å². The van der Waals surface area contributed by atoms with Crippen LogP contribution in [-0.4, -0.2) is 47.6 Å². The predicted octanol–water partition coefficient (Wildman–Crippen LogP) is 1.68. The molecular formula is C17H22N4O2. The van der Waals surface area contributed by atoms with Gasteiger partial charge in [0.2, 0.25) is 5.91 Å². The van der Waals surface area contributed by atoms with Crippen molar-refractivity contribution in [3.05, 3.63) is 42.0 Å². The molecule has 1 amide bonds. The van der Waals surface area contributed by atoms with Crippen molar-refractivity contribution in [2.45, 2.75) is 20.0 Å². The van der Waals surface area contributed by atoms with E-state index >= 15 is 0 Å². The van der Waals surface area contributed by atoms with E-state index < -0.39 is 0 Å². The number of carbonyl (C=O) groups is 1. The highest BCUT2D eigenvalue weighted by Gasteiger charge is 2.21. The van der Waals surface area contributed by atoms with Crippen molar-refractivity contribution in [3.8, 4) is 5.75 Å². The lowest BCUT2D eigenvalue weighted by atomic mass is 10.1. The average Bonchev–Trinajstić information content (AvgIpc) is 2.81. The molecular weight excluding hydrogens is 292 g/mol. The fourth-order valence-corrected chi connectivity index (χ4v) is 2.69. The molecule has 6 nitrogen and oxygen atoms in total. The number of nitrogens with zero attached hydrogens (tertiary/aromatic N) is 4. The Morgan fingerprint density at radius 3 is 2.91 bits per heavy atom. The molecule has 122 valence electrons. The molecule has 1 aromatic heterocycles. The van der Waals surface area contributed by atoms with Gasteiger partial charge in [0.15, 0.2) is 0 Å². The van der Waals surface area contributed by atoms with E-state index in [0.29, 0.717) is 26.2 Å². The fourth-order valence-electron chi connectivity index (χ4n) is 2.69. The Morgan fingerprint density at radius 1 is 1.39 bits per heavy atom. The van der Waals surface area contributed by atoms with Crippen LogP contribution >= 0.6 is 0 Å². The summed E-state index contributed by atoms with van der Waals surface area (Å²) in [6.45, 7) is 3.90. The smallest absolute Gasteiger partial charge is 0.242 e. The molecule has 0 saturated heterocycles. The molecule has 23 heavy (non-hydrogen) atoms. The first-order valence-corrected chi connectivity index (χ1v) is 7.73. The third-order valence-corrected chi connectivity index (χ3v) is 4.12. The first-order chi connectivity index (χ1) is 11.0. The van der Waals surface area contributed by atoms with Gasteiger partial charge in [0, 0.05) is 44.3 Å². The number of benzene rings is 1. The van der Waals surface area contributed by atoms with Crippen molar-refractivity contribution in [1.29, 1.82) is 0 Å². The van der Waals surface area contributed by atoms with Crippen LogP contribution in [0.1, 0.15) is 11.4 Å². The minimum Gasteiger partial charge on any atom is -0.491 e. The topological polar surface area (TPSA) is 50.6 Å². The maximum absolute atomic E-state index is 12.6. The summed E-state index contributed by atoms with van der Waals surface area (Å²) in [5.74, 6) is 1.79. The summed E-state index contributed by atoms with van der Waals surface area (Å²) in [7, 11) is 4.01. The Labute approximate surface area is 136 Å². The first kappa shape index (κ1) is 15.4. The summed E-state index contributed by atoms with van der Waals surface area (Å²) >= 11 is 0. The van der Waals surface area contributed by atoms with Crippen molar-refractivity contribution in [3.63, 3.8) is 0 Å². The molecule has 2 heterocycles. The number of imidazole rings is 1. The molecule has 0 atom stereocenters. The van der Waals surface area contributed by atoms with Crippen molar-refractivity contribution >= 4 is 11.6 Å². The third kappa shape index (κ3) is 3.31. The molecule has 3 rings (SSSR count). The van der Waals surface area contributed by atoms with Gasteiger partial charge in [-0.3, -0.25) is 4.79 Å². The van der Waals surface area contributed by atoms with Gasteiger partial charge < -0.3 is 19.1 Å². The van der Waals surface area contributed by atoms with E-state index in [1.807, 2.05) is 53.7 Å². The number of amides is 1. The van der Waals surface area contributed by atoms with E-state index in [0.717, 1.165) is 22.8 Å². The highest BCUT2D eigenvalue weighted by molar-refractivity contribution is 5.76. The van der Waals surface area contributed by atoms with Crippen molar-refractivity contribution in [1.82, 2.24) is 14.5 Å². The summed E-state index contributed by atoms with van der Waals surface area (Å²) in [4.78, 5) is 20.7. The van der Waals surface area contributed by atoms with E-state index in [2.05, 4.69) is 11.1 Å². The molecule has 0 unspecified atom stereocenters. The van der Waals surface area contributed by atoms with E-state index in [1.165, 1.54) is 0 Å². The van der Waals surface area contributed by atoms with Crippen LogP contribution in [0, 0.1) is 6.92 Å². The van der Waals surface area contributed by atoms with Gasteiger partial charge in [0.1, 0.15) is 24.7 Å². The Balaban J connectivity index is 1.78. The number of ether oxygens (including phenoxy) is 1. The number of carbonyl (C=O) groups excluding carboxylic acids is 1. The van der Waals surface area contributed by atoms with Crippen LogP contribution in [0.25, 0.3) is 0 Å². The number of aromatic nitrogens is 2. The zero-order chi connectivity index (χ0) is 16.4. The van der Waals surface area contributed by atoms with Crippen LogP contribution in [0.2, 0.25) is 0 Å². The van der Waals surface area contributed by atoms with Gasteiger partial charge in [-0.05, 0) is 25.1 Å². The van der Waals surface area contributed by atoms with Crippen LogP contribution in [0.5, 0.6) is 5.75 Å². The standard InChI is InChI=1S/C17H22N4O2/c1-13-18-6-7-20(13)12-17(22)21-8-9-23-16-5-4-15(19(2)3)10-14(16)11-21/h4-7,10H,8-9,11-12H2,1-3H3. The quantitative estimate of drug-likeness (QED) is 0.865. The SMILES string of the molecule is Cc1nccn1CC(=O)N1CCOc2ccc(N(C)C)cc2C1. The summed E-state index contributed by atoms with van der Waals surface area (Å²) in [6.07, 6.45) is 3.55. The van der Waals surface area contributed by atoms with Crippen LogP contribution < -0.4 is 9.64 Å². The second kappa shape index (κ2) is 6.32. The molecule has 1 aliphatic rings. The minimum absolute atomic E-state index is 0.0813. The number of hydrogen-bond donors (Lipinski definition) is 0. The summed E-state index contributed by atoms with van der Waals surface area (Å²) in [5, 5.41) is 0. The highest BCUT2D eigenvalue weighted by Crippen LogP contribution is 2.27. The summed E-state index contributed by atoms with van der Waals surface area (Å²) < 4.78 is 7.66. The van der Waals surface area contributed by atoms with Gasteiger partial charge in [0.05, 0.1) is 6.54 Å². The molecule has 1 aliphatic heterocycles. The zero-order valence-corrected chi connectivity index (χ0v) is 13.8. The molecule has 2 aromatic rings. The lowest BCUT2D eigenvalue weighted by Gasteiger charge is -2.21. The van der Waals surface area contributed by atoms with Gasteiger partial charge in [-0.2, -0.15) is 0 Å². The number of aryl methyl sites for hydroxylation is 1. The van der Waals surface area contributed by atoms with E-state index in [-0.39, 0.29) is 5.91 Å². The second-order valence-corrected chi connectivity index (χ2v) is 5.95. The lowest BCUT2D eigenvalue weighted by molar-refractivity contribution is -0.132. The van der Waals surface area contributed by atoms with Gasteiger partial charge in [-0.15, -0.1) is 0 Å². The van der Waals surface area contributed by atoms with E-state index in [1.54, 1.807) is 6.20 Å². The Hall–Kier alpha value is -2.50. The lowest BCUT2D eigenvalue weighted by Crippen LogP contribution is -2.35. The predicted molar refractivity (Wildman–Crippen MR) is 88.6 cm³/mol. The Kier molecular flexibility index (Phi) is 4.23. The summed E-state index contributed by atoms with van der Waals surface area (Å²) in [6, 6.07) is 6.10. The minimum atomic E-state index is 0.0813. The average molecular weight is 314 g/mol. The third-order valence-electron chi connectivity index (χ3n) is 4.12. The van der Waals surface area contributed by atoms with Crippen LogP contribution in [0.4, 0.5) is 5.69 Å². The van der Waals surface area contributed by atoms with Gasteiger partial charge in [0.25, 0.3) is 0 Å². The second-order valence-electron chi connectivity index (χ2n) is 5.95. The molecule has 1 aromatic carbocycles. The molecule has 0 bridgehead atoms. The Morgan fingerprint density at radius 2 is 2.22 bits per heavy atom. The van der Waals surface area contributed by atoms with Gasteiger partial charge in [-0.1, -0.05) is 0 Å². The van der Waals surface area contributed by atoms with Crippen molar-refractivity contribution in [2.75, 3.05) is 32.1 Å². The van der Waals surface area contributed by atoms with Crippen molar-refractivity contribution in [2.24, 2.45) is 0 Å². The Bertz CT molecular complexity index is 708. The fraction of sp³-hybridized carbons (Fsp3) is 0.412.